The van der Waals surface area contributed by atoms with Gasteiger partial charge in [-0.3, -0.25) is 4.99 Å². The topological polar surface area (TPSA) is 67.1 Å². The summed E-state index contributed by atoms with van der Waals surface area (Å²) < 4.78 is 2.13. The number of aromatic nitrogens is 3. The average Bonchev–Trinajstić information content (AvgIpc) is 3.14. The Morgan fingerprint density at radius 2 is 1.89 bits per heavy atom. The van der Waals surface area contributed by atoms with Crippen LogP contribution in [0.5, 0.6) is 0 Å². The highest BCUT2D eigenvalue weighted by Crippen LogP contribution is 2.06. The van der Waals surface area contributed by atoms with Crippen LogP contribution < -0.4 is 10.6 Å². The Labute approximate surface area is 187 Å². The van der Waals surface area contributed by atoms with Crippen molar-refractivity contribution in [3.05, 3.63) is 83.2 Å². The number of hydrogen-bond acceptors (Lipinski definition) is 3. The summed E-state index contributed by atoms with van der Waals surface area (Å²) in [7, 11) is 1.76. The first-order valence-corrected chi connectivity index (χ1v) is 9.21. The first-order valence-electron chi connectivity index (χ1n) is 8.83. The monoisotopic (exact) mass is 510 g/mol. The van der Waals surface area contributed by atoms with Crippen molar-refractivity contribution >= 4 is 41.5 Å². The lowest BCUT2D eigenvalue weighted by Crippen LogP contribution is -2.38. The fourth-order valence-electron chi connectivity index (χ4n) is 2.69. The first kappa shape index (κ1) is 22.2. The van der Waals surface area contributed by atoms with Crippen molar-refractivity contribution in [3.63, 3.8) is 0 Å². The van der Waals surface area contributed by atoms with Crippen LogP contribution in [0.4, 0.5) is 0 Å². The molecule has 1 aromatic carbocycles. The Bertz CT molecular complexity index is 864. The molecule has 0 spiro atoms. The zero-order valence-electron chi connectivity index (χ0n) is 15.7. The molecule has 0 amide bonds. The van der Waals surface area contributed by atoms with E-state index >= 15 is 0 Å². The molecule has 0 saturated carbocycles. The van der Waals surface area contributed by atoms with Crippen LogP contribution in [-0.4, -0.2) is 34.1 Å². The molecule has 2 heterocycles. The SMILES string of the molecule is CN=C(NCCc1ccc(Cl)nc1)NCc1nccn1Cc1ccccc1.I. The van der Waals surface area contributed by atoms with E-state index in [0.29, 0.717) is 11.7 Å². The van der Waals surface area contributed by atoms with Gasteiger partial charge in [-0.15, -0.1) is 24.0 Å². The molecule has 28 heavy (non-hydrogen) atoms. The van der Waals surface area contributed by atoms with Crippen molar-refractivity contribution in [1.29, 1.82) is 0 Å². The maximum Gasteiger partial charge on any atom is 0.191 e. The number of nitrogens with zero attached hydrogens (tertiary/aromatic N) is 4. The van der Waals surface area contributed by atoms with Crippen LogP contribution in [-0.2, 0) is 19.5 Å². The number of rotatable bonds is 7. The van der Waals surface area contributed by atoms with E-state index in [1.54, 1.807) is 19.3 Å². The second-order valence-electron chi connectivity index (χ2n) is 6.05. The lowest BCUT2D eigenvalue weighted by Gasteiger charge is -2.13. The predicted octanol–water partition coefficient (Wildman–Crippen LogP) is 3.51. The third kappa shape index (κ3) is 6.79. The summed E-state index contributed by atoms with van der Waals surface area (Å²) in [6.07, 6.45) is 6.45. The predicted molar refractivity (Wildman–Crippen MR) is 124 cm³/mol. The second kappa shape index (κ2) is 11.7. The van der Waals surface area contributed by atoms with E-state index in [4.69, 9.17) is 11.6 Å². The highest BCUT2D eigenvalue weighted by atomic mass is 127. The van der Waals surface area contributed by atoms with Gasteiger partial charge in [-0.05, 0) is 23.6 Å². The van der Waals surface area contributed by atoms with E-state index in [1.165, 1.54) is 5.56 Å². The van der Waals surface area contributed by atoms with Crippen molar-refractivity contribution in [2.75, 3.05) is 13.6 Å². The summed E-state index contributed by atoms with van der Waals surface area (Å²) in [4.78, 5) is 12.8. The smallest absolute Gasteiger partial charge is 0.191 e. The fourth-order valence-corrected chi connectivity index (χ4v) is 2.81. The first-order chi connectivity index (χ1) is 13.2. The van der Waals surface area contributed by atoms with Crippen LogP contribution in [0.15, 0.2) is 66.0 Å². The summed E-state index contributed by atoms with van der Waals surface area (Å²) in [5.41, 5.74) is 2.37. The molecule has 0 fully saturated rings. The van der Waals surface area contributed by atoms with Gasteiger partial charge in [-0.1, -0.05) is 48.0 Å². The Balaban J connectivity index is 0.00000280. The number of guanidine groups is 1. The minimum atomic E-state index is 0. The number of benzene rings is 1. The second-order valence-corrected chi connectivity index (χ2v) is 6.44. The highest BCUT2D eigenvalue weighted by Gasteiger charge is 2.05. The van der Waals surface area contributed by atoms with Gasteiger partial charge in [-0.2, -0.15) is 0 Å². The molecule has 0 aliphatic rings. The molecule has 8 heteroatoms. The van der Waals surface area contributed by atoms with E-state index in [2.05, 4.69) is 42.3 Å². The quantitative estimate of drug-likeness (QED) is 0.221. The Kier molecular flexibility index (Phi) is 9.22. The maximum absolute atomic E-state index is 5.81. The Morgan fingerprint density at radius 3 is 2.61 bits per heavy atom. The molecular formula is C20H24ClIN6. The molecule has 0 aliphatic heterocycles. The van der Waals surface area contributed by atoms with E-state index < -0.39 is 0 Å². The molecule has 148 valence electrons. The average molecular weight is 511 g/mol. The number of nitrogens with one attached hydrogen (secondary N) is 2. The molecule has 3 rings (SSSR count). The van der Waals surface area contributed by atoms with Crippen LogP contribution in [0.1, 0.15) is 17.0 Å². The van der Waals surface area contributed by atoms with E-state index in [9.17, 15) is 0 Å². The van der Waals surface area contributed by atoms with Gasteiger partial charge in [0.1, 0.15) is 11.0 Å². The number of imidazole rings is 1. The molecule has 0 bridgehead atoms. The summed E-state index contributed by atoms with van der Waals surface area (Å²) in [5, 5.41) is 7.13. The molecule has 0 aliphatic carbocycles. The number of halogens is 2. The van der Waals surface area contributed by atoms with Crippen molar-refractivity contribution in [2.24, 2.45) is 4.99 Å². The van der Waals surface area contributed by atoms with E-state index in [1.807, 2.05) is 36.7 Å². The van der Waals surface area contributed by atoms with Crippen molar-refractivity contribution < 1.29 is 0 Å². The zero-order valence-corrected chi connectivity index (χ0v) is 18.8. The Hall–Kier alpha value is -2.13. The number of aliphatic imine (C=N–C) groups is 1. The summed E-state index contributed by atoms with van der Waals surface area (Å²) in [6.45, 7) is 2.15. The summed E-state index contributed by atoms with van der Waals surface area (Å²) in [6, 6.07) is 14.1. The van der Waals surface area contributed by atoms with Gasteiger partial charge in [0.25, 0.3) is 0 Å². The van der Waals surface area contributed by atoms with Gasteiger partial charge in [0.05, 0.1) is 6.54 Å². The molecule has 3 aromatic rings. The minimum Gasteiger partial charge on any atom is -0.356 e. The largest absolute Gasteiger partial charge is 0.356 e. The van der Waals surface area contributed by atoms with Crippen LogP contribution >= 0.6 is 35.6 Å². The summed E-state index contributed by atoms with van der Waals surface area (Å²) >= 11 is 5.81. The molecule has 2 N–H and O–H groups in total. The van der Waals surface area contributed by atoms with Crippen LogP contribution in [0.3, 0.4) is 0 Å². The molecule has 0 atom stereocenters. The fraction of sp³-hybridized carbons (Fsp3) is 0.250. The number of hydrogen-bond donors (Lipinski definition) is 2. The third-order valence-electron chi connectivity index (χ3n) is 4.13. The lowest BCUT2D eigenvalue weighted by molar-refractivity contribution is 0.687. The molecule has 0 saturated heterocycles. The van der Waals surface area contributed by atoms with Crippen LogP contribution in [0.2, 0.25) is 5.15 Å². The van der Waals surface area contributed by atoms with Crippen LogP contribution in [0.25, 0.3) is 0 Å². The molecule has 0 unspecified atom stereocenters. The summed E-state index contributed by atoms with van der Waals surface area (Å²) in [5.74, 6) is 1.70. The molecular weight excluding hydrogens is 487 g/mol. The van der Waals surface area contributed by atoms with Crippen molar-refractivity contribution in [1.82, 2.24) is 25.2 Å². The molecule has 6 nitrogen and oxygen atoms in total. The van der Waals surface area contributed by atoms with Gasteiger partial charge in [0, 0.05) is 38.7 Å². The maximum atomic E-state index is 5.81. The Morgan fingerprint density at radius 1 is 1.07 bits per heavy atom. The highest BCUT2D eigenvalue weighted by molar-refractivity contribution is 14.0. The van der Waals surface area contributed by atoms with Crippen molar-refractivity contribution in [2.45, 2.75) is 19.5 Å². The third-order valence-corrected chi connectivity index (χ3v) is 4.35. The van der Waals surface area contributed by atoms with Gasteiger partial charge in [-0.25, -0.2) is 9.97 Å². The lowest BCUT2D eigenvalue weighted by atomic mass is 10.2. The van der Waals surface area contributed by atoms with Gasteiger partial charge < -0.3 is 15.2 Å². The molecule has 2 aromatic heterocycles. The van der Waals surface area contributed by atoms with E-state index in [-0.39, 0.29) is 24.0 Å². The number of pyridine rings is 1. The van der Waals surface area contributed by atoms with Gasteiger partial charge in [0.2, 0.25) is 0 Å². The zero-order chi connectivity index (χ0) is 18.9. The van der Waals surface area contributed by atoms with Gasteiger partial charge in [0.15, 0.2) is 5.96 Å². The molecule has 0 radical (unpaired) electrons. The standard InChI is InChI=1S/C20H23ClN6.HI/c1-22-20(24-10-9-16-7-8-18(21)25-13-16)26-14-19-23-11-12-27(19)15-17-5-3-2-4-6-17;/h2-8,11-13H,9-10,14-15H2,1H3,(H2,22,24,26);1H. The van der Waals surface area contributed by atoms with Crippen LogP contribution in [0, 0.1) is 0 Å². The normalized spacial score (nSPS) is 11.0. The van der Waals surface area contributed by atoms with Gasteiger partial charge >= 0.3 is 0 Å². The minimum absolute atomic E-state index is 0. The van der Waals surface area contributed by atoms with E-state index in [0.717, 1.165) is 36.9 Å². The van der Waals surface area contributed by atoms with Crippen molar-refractivity contribution in [3.8, 4) is 0 Å².